The summed E-state index contributed by atoms with van der Waals surface area (Å²) in [5, 5.41) is 20.8. The molecule has 1 aliphatic rings. The summed E-state index contributed by atoms with van der Waals surface area (Å²) in [7, 11) is 0. The first kappa shape index (κ1) is 15.8. The summed E-state index contributed by atoms with van der Waals surface area (Å²) in [4.78, 5) is 12.4. The Morgan fingerprint density at radius 1 is 1.52 bits per heavy atom. The Morgan fingerprint density at radius 3 is 2.62 bits per heavy atom. The number of nitrogens with zero attached hydrogens (tertiary/aromatic N) is 2. The van der Waals surface area contributed by atoms with E-state index in [-0.39, 0.29) is 30.2 Å². The summed E-state index contributed by atoms with van der Waals surface area (Å²) in [6.07, 6.45) is -4.36. The molecule has 0 radical (unpaired) electrons. The van der Waals surface area contributed by atoms with Crippen LogP contribution < -0.4 is 4.90 Å². The zero-order valence-corrected chi connectivity index (χ0v) is 11.9. The van der Waals surface area contributed by atoms with E-state index in [4.69, 9.17) is 0 Å². The number of rotatable bonds is 3. The number of thiophene rings is 1. The summed E-state index contributed by atoms with van der Waals surface area (Å²) < 4.78 is 37.7. The van der Waals surface area contributed by atoms with E-state index in [1.54, 1.807) is 0 Å². The molecule has 0 amide bonds. The molecule has 1 aromatic rings. The van der Waals surface area contributed by atoms with Crippen molar-refractivity contribution in [2.24, 2.45) is 0 Å². The number of anilines is 1. The van der Waals surface area contributed by atoms with Crippen LogP contribution in [0, 0.1) is 10.1 Å². The number of hydrogen-bond acceptors (Lipinski definition) is 5. The lowest BCUT2D eigenvalue weighted by atomic mass is 10.1. The molecule has 2 rings (SSSR count). The van der Waals surface area contributed by atoms with E-state index in [1.165, 1.54) is 17.9 Å². The minimum atomic E-state index is -4.35. The van der Waals surface area contributed by atoms with E-state index in [0.29, 0.717) is 4.88 Å². The van der Waals surface area contributed by atoms with E-state index in [1.807, 2.05) is 0 Å². The third-order valence-electron chi connectivity index (χ3n) is 3.18. The molecule has 1 aliphatic heterocycles. The summed E-state index contributed by atoms with van der Waals surface area (Å²) in [5.41, 5.74) is -0.784. The first-order valence-corrected chi connectivity index (χ1v) is 6.99. The second-order valence-corrected chi connectivity index (χ2v) is 5.76. The molecule has 0 saturated carbocycles. The molecule has 116 valence electrons. The van der Waals surface area contributed by atoms with Crippen LogP contribution in [0.25, 0.3) is 0 Å². The van der Waals surface area contributed by atoms with Gasteiger partial charge in [0.15, 0.2) is 5.00 Å². The quantitative estimate of drug-likeness (QED) is 0.526. The minimum absolute atomic E-state index is 0.0323. The van der Waals surface area contributed by atoms with Crippen LogP contribution in [-0.4, -0.2) is 29.3 Å². The van der Waals surface area contributed by atoms with Crippen LogP contribution in [-0.2, 0) is 0 Å². The van der Waals surface area contributed by atoms with Crippen LogP contribution in [0.4, 0.5) is 23.9 Å². The maximum Gasteiger partial charge on any atom is 0.412 e. The molecule has 5 nitrogen and oxygen atoms in total. The number of nitro groups is 1. The SMILES string of the molecule is CC(O)c1cc([N+](=O)[O-])c(N2CC=C(C(F)(F)F)CC2)s1. The lowest BCUT2D eigenvalue weighted by Crippen LogP contribution is -2.31. The standard InChI is InChI=1S/C12H13F3N2O3S/c1-7(18)10-6-9(17(19)20)11(21-10)16-4-2-8(3-5-16)12(13,14)15/h2,6-7,18H,3-5H2,1H3. The van der Waals surface area contributed by atoms with Gasteiger partial charge in [0.05, 0.1) is 11.0 Å². The fourth-order valence-electron chi connectivity index (χ4n) is 2.06. The number of alkyl halides is 3. The van der Waals surface area contributed by atoms with Crippen molar-refractivity contribution in [1.29, 1.82) is 0 Å². The Balaban J connectivity index is 2.28. The Bertz CT molecular complexity index is 581. The van der Waals surface area contributed by atoms with Crippen LogP contribution in [0.1, 0.15) is 24.3 Å². The van der Waals surface area contributed by atoms with E-state index in [0.717, 1.165) is 17.4 Å². The Kier molecular flexibility index (Phi) is 4.24. The van der Waals surface area contributed by atoms with Gasteiger partial charge in [-0.2, -0.15) is 13.2 Å². The molecule has 21 heavy (non-hydrogen) atoms. The van der Waals surface area contributed by atoms with Gasteiger partial charge in [0.1, 0.15) is 0 Å². The maximum absolute atomic E-state index is 12.6. The smallest absolute Gasteiger partial charge is 0.388 e. The van der Waals surface area contributed by atoms with Gasteiger partial charge in [-0.15, -0.1) is 11.3 Å². The number of aliphatic hydroxyl groups is 1. The second-order valence-electron chi connectivity index (χ2n) is 4.70. The van der Waals surface area contributed by atoms with Crippen molar-refractivity contribution in [2.45, 2.75) is 25.6 Å². The fourth-order valence-corrected chi connectivity index (χ4v) is 3.16. The van der Waals surface area contributed by atoms with E-state index >= 15 is 0 Å². The molecule has 1 N–H and O–H groups in total. The molecule has 0 aromatic carbocycles. The first-order chi connectivity index (χ1) is 9.70. The average molecular weight is 322 g/mol. The highest BCUT2D eigenvalue weighted by Crippen LogP contribution is 2.41. The van der Waals surface area contributed by atoms with Gasteiger partial charge < -0.3 is 10.0 Å². The Labute approximate surface area is 122 Å². The predicted octanol–water partition coefficient (Wildman–Crippen LogP) is 3.41. The molecule has 1 aromatic heterocycles. The van der Waals surface area contributed by atoms with Crippen LogP contribution in [0.5, 0.6) is 0 Å². The van der Waals surface area contributed by atoms with Crippen molar-refractivity contribution in [2.75, 3.05) is 18.0 Å². The van der Waals surface area contributed by atoms with Crippen LogP contribution in [0.15, 0.2) is 17.7 Å². The molecule has 0 saturated heterocycles. The molecule has 2 heterocycles. The highest BCUT2D eigenvalue weighted by molar-refractivity contribution is 7.16. The normalized spacial score (nSPS) is 17.6. The lowest BCUT2D eigenvalue weighted by molar-refractivity contribution is -0.383. The zero-order chi connectivity index (χ0) is 15.8. The Hall–Kier alpha value is -1.61. The maximum atomic E-state index is 12.6. The third-order valence-corrected chi connectivity index (χ3v) is 4.54. The van der Waals surface area contributed by atoms with Gasteiger partial charge in [-0.3, -0.25) is 10.1 Å². The van der Waals surface area contributed by atoms with E-state index in [9.17, 15) is 28.4 Å². The Morgan fingerprint density at radius 2 is 2.19 bits per heavy atom. The average Bonchev–Trinajstić information content (AvgIpc) is 2.83. The minimum Gasteiger partial charge on any atom is -0.388 e. The van der Waals surface area contributed by atoms with E-state index in [2.05, 4.69) is 0 Å². The van der Waals surface area contributed by atoms with Gasteiger partial charge in [-0.05, 0) is 13.3 Å². The molecule has 0 fully saturated rings. The van der Waals surface area contributed by atoms with Crippen molar-refractivity contribution >= 4 is 22.0 Å². The fraction of sp³-hybridized carbons (Fsp3) is 0.500. The topological polar surface area (TPSA) is 66.6 Å². The van der Waals surface area contributed by atoms with Gasteiger partial charge >= 0.3 is 11.9 Å². The molecule has 1 unspecified atom stereocenters. The highest BCUT2D eigenvalue weighted by Gasteiger charge is 2.36. The number of halogens is 3. The van der Waals surface area contributed by atoms with Crippen molar-refractivity contribution < 1.29 is 23.2 Å². The number of aliphatic hydroxyl groups excluding tert-OH is 1. The monoisotopic (exact) mass is 322 g/mol. The summed E-state index contributed by atoms with van der Waals surface area (Å²) in [6, 6.07) is 1.27. The second kappa shape index (κ2) is 5.64. The van der Waals surface area contributed by atoms with Gasteiger partial charge in [0, 0.05) is 29.6 Å². The zero-order valence-electron chi connectivity index (χ0n) is 11.1. The lowest BCUT2D eigenvalue weighted by Gasteiger charge is -2.27. The highest BCUT2D eigenvalue weighted by atomic mass is 32.1. The van der Waals surface area contributed by atoms with Crippen molar-refractivity contribution in [3.05, 3.63) is 32.7 Å². The largest absolute Gasteiger partial charge is 0.412 e. The summed E-state index contributed by atoms with van der Waals surface area (Å²) >= 11 is 1.03. The van der Waals surface area contributed by atoms with E-state index < -0.39 is 22.8 Å². The predicted molar refractivity (Wildman–Crippen MR) is 72.6 cm³/mol. The van der Waals surface area contributed by atoms with Gasteiger partial charge in [0.25, 0.3) is 0 Å². The van der Waals surface area contributed by atoms with Gasteiger partial charge in [0.2, 0.25) is 0 Å². The van der Waals surface area contributed by atoms with Crippen molar-refractivity contribution in [3.8, 4) is 0 Å². The molecular formula is C12H13F3N2O3S. The summed E-state index contributed by atoms with van der Waals surface area (Å²) in [5.74, 6) is 0. The summed E-state index contributed by atoms with van der Waals surface area (Å²) in [6.45, 7) is 1.51. The molecule has 0 aliphatic carbocycles. The molecule has 9 heteroatoms. The van der Waals surface area contributed by atoms with Crippen LogP contribution >= 0.6 is 11.3 Å². The van der Waals surface area contributed by atoms with Crippen molar-refractivity contribution in [3.63, 3.8) is 0 Å². The van der Waals surface area contributed by atoms with Gasteiger partial charge in [-0.1, -0.05) is 6.08 Å². The molecular weight excluding hydrogens is 309 g/mol. The first-order valence-electron chi connectivity index (χ1n) is 6.17. The number of hydrogen-bond donors (Lipinski definition) is 1. The molecule has 1 atom stereocenters. The van der Waals surface area contributed by atoms with Crippen molar-refractivity contribution in [1.82, 2.24) is 0 Å². The van der Waals surface area contributed by atoms with Gasteiger partial charge in [-0.25, -0.2) is 0 Å². The third kappa shape index (κ3) is 3.35. The molecule has 0 spiro atoms. The molecule has 0 bridgehead atoms. The van der Waals surface area contributed by atoms with Crippen LogP contribution in [0.2, 0.25) is 0 Å². The van der Waals surface area contributed by atoms with Crippen LogP contribution in [0.3, 0.4) is 0 Å².